The molecule has 2 aliphatic heterocycles. The van der Waals surface area contributed by atoms with Crippen molar-refractivity contribution in [2.45, 2.75) is 38.9 Å². The molecule has 2 saturated heterocycles. The predicted octanol–water partition coefficient (Wildman–Crippen LogP) is 3.97. The van der Waals surface area contributed by atoms with E-state index in [-0.39, 0.29) is 29.9 Å². The third-order valence-electron chi connectivity index (χ3n) is 5.94. The number of hydrogen-bond donors (Lipinski definition) is 0. The van der Waals surface area contributed by atoms with Crippen LogP contribution in [-0.4, -0.2) is 60.0 Å². The molecule has 4 rings (SSSR count). The molecule has 0 saturated carbocycles. The largest absolute Gasteiger partial charge is 0.457 e. The quantitative estimate of drug-likeness (QED) is 0.748. The Bertz CT molecular complexity index is 881. The predicted molar refractivity (Wildman–Crippen MR) is 118 cm³/mol. The zero-order valence-electron chi connectivity index (χ0n) is 18.2. The van der Waals surface area contributed by atoms with Crippen LogP contribution in [0.5, 0.6) is 11.5 Å². The summed E-state index contributed by atoms with van der Waals surface area (Å²) in [6.45, 7) is 6.53. The van der Waals surface area contributed by atoms with Gasteiger partial charge in [0.1, 0.15) is 11.5 Å². The Balaban J connectivity index is 1.30. The lowest BCUT2D eigenvalue weighted by Crippen LogP contribution is -2.51. The van der Waals surface area contributed by atoms with Crippen LogP contribution >= 0.6 is 0 Å². The maximum absolute atomic E-state index is 12.9. The summed E-state index contributed by atoms with van der Waals surface area (Å²) >= 11 is 0. The van der Waals surface area contributed by atoms with E-state index in [2.05, 4.69) is 0 Å². The van der Waals surface area contributed by atoms with Crippen molar-refractivity contribution in [3.63, 3.8) is 0 Å². The van der Waals surface area contributed by atoms with E-state index in [0.717, 1.165) is 5.75 Å². The van der Waals surface area contributed by atoms with Crippen molar-refractivity contribution in [3.8, 4) is 11.5 Å². The Morgan fingerprint density at radius 1 is 0.839 bits per heavy atom. The lowest BCUT2D eigenvalue weighted by atomic mass is 9.94. The third kappa shape index (κ3) is 5.25. The second kappa shape index (κ2) is 9.52. The molecule has 2 aliphatic rings. The Labute approximate surface area is 183 Å². The Morgan fingerprint density at radius 3 is 2.03 bits per heavy atom. The van der Waals surface area contributed by atoms with Crippen LogP contribution in [0, 0.1) is 5.92 Å². The number of piperidine rings is 1. The maximum Gasteiger partial charge on any atom is 0.253 e. The van der Waals surface area contributed by atoms with Crippen molar-refractivity contribution in [1.29, 1.82) is 0 Å². The van der Waals surface area contributed by atoms with Crippen LogP contribution in [0.2, 0.25) is 0 Å². The van der Waals surface area contributed by atoms with Gasteiger partial charge < -0.3 is 19.3 Å². The SMILES string of the molecule is CC1CN(C(=O)C2CCN(C(=O)c3ccc(Oc4ccccc4)cc3)CC2)CC(C)O1. The number of para-hydroxylation sites is 1. The highest BCUT2D eigenvalue weighted by Gasteiger charge is 2.33. The Kier molecular flexibility index (Phi) is 6.56. The highest BCUT2D eigenvalue weighted by atomic mass is 16.5. The van der Waals surface area contributed by atoms with E-state index in [9.17, 15) is 9.59 Å². The van der Waals surface area contributed by atoms with E-state index in [1.165, 1.54) is 0 Å². The van der Waals surface area contributed by atoms with Crippen molar-refractivity contribution in [2.75, 3.05) is 26.2 Å². The van der Waals surface area contributed by atoms with E-state index in [1.807, 2.05) is 66.1 Å². The zero-order chi connectivity index (χ0) is 21.8. The first-order valence-corrected chi connectivity index (χ1v) is 11.1. The molecule has 2 fully saturated rings. The van der Waals surface area contributed by atoms with Crippen LogP contribution in [0.25, 0.3) is 0 Å². The lowest BCUT2D eigenvalue weighted by Gasteiger charge is -2.39. The van der Waals surface area contributed by atoms with Crippen molar-refractivity contribution in [3.05, 3.63) is 60.2 Å². The fraction of sp³-hybridized carbons (Fsp3) is 0.440. The van der Waals surface area contributed by atoms with Gasteiger partial charge in [0, 0.05) is 37.7 Å². The van der Waals surface area contributed by atoms with E-state index >= 15 is 0 Å². The van der Waals surface area contributed by atoms with Crippen LogP contribution in [0.3, 0.4) is 0 Å². The number of likely N-dealkylation sites (tertiary alicyclic amines) is 1. The van der Waals surface area contributed by atoms with Gasteiger partial charge in [-0.05, 0) is 63.1 Å². The summed E-state index contributed by atoms with van der Waals surface area (Å²) in [6.07, 6.45) is 1.56. The molecule has 164 valence electrons. The molecule has 2 atom stereocenters. The second-order valence-corrected chi connectivity index (χ2v) is 8.51. The highest BCUT2D eigenvalue weighted by molar-refractivity contribution is 5.94. The van der Waals surface area contributed by atoms with E-state index < -0.39 is 0 Å². The summed E-state index contributed by atoms with van der Waals surface area (Å²) in [6, 6.07) is 16.8. The molecule has 0 bridgehead atoms. The molecular formula is C25H30N2O4. The molecule has 2 heterocycles. The first-order chi connectivity index (χ1) is 15.0. The lowest BCUT2D eigenvalue weighted by molar-refractivity contribution is -0.148. The van der Waals surface area contributed by atoms with Crippen LogP contribution in [0.1, 0.15) is 37.0 Å². The number of amides is 2. The number of carbonyl (C=O) groups excluding carboxylic acids is 2. The molecule has 2 aromatic rings. The van der Waals surface area contributed by atoms with Crippen molar-refractivity contribution in [1.82, 2.24) is 9.80 Å². The minimum Gasteiger partial charge on any atom is -0.457 e. The number of rotatable bonds is 4. The van der Waals surface area contributed by atoms with Crippen LogP contribution in [-0.2, 0) is 9.53 Å². The van der Waals surface area contributed by atoms with Gasteiger partial charge in [0.25, 0.3) is 5.91 Å². The van der Waals surface area contributed by atoms with Gasteiger partial charge in [0.2, 0.25) is 5.91 Å². The van der Waals surface area contributed by atoms with Crippen molar-refractivity contribution < 1.29 is 19.1 Å². The monoisotopic (exact) mass is 422 g/mol. The van der Waals surface area contributed by atoms with Crippen molar-refractivity contribution >= 4 is 11.8 Å². The molecule has 6 nitrogen and oxygen atoms in total. The maximum atomic E-state index is 12.9. The van der Waals surface area contributed by atoms with Crippen LogP contribution in [0.15, 0.2) is 54.6 Å². The number of nitrogens with zero attached hydrogens (tertiary/aromatic N) is 2. The van der Waals surface area contributed by atoms with Gasteiger partial charge in [-0.2, -0.15) is 0 Å². The molecule has 0 spiro atoms. The molecule has 0 aromatic heterocycles. The summed E-state index contributed by atoms with van der Waals surface area (Å²) in [5.74, 6) is 1.66. The number of morpholine rings is 1. The smallest absolute Gasteiger partial charge is 0.253 e. The molecule has 31 heavy (non-hydrogen) atoms. The first-order valence-electron chi connectivity index (χ1n) is 11.1. The average molecular weight is 423 g/mol. The number of benzene rings is 2. The van der Waals surface area contributed by atoms with E-state index in [0.29, 0.717) is 50.3 Å². The fourth-order valence-electron chi connectivity index (χ4n) is 4.42. The molecule has 0 aliphatic carbocycles. The molecule has 0 N–H and O–H groups in total. The van der Waals surface area contributed by atoms with Gasteiger partial charge >= 0.3 is 0 Å². The molecule has 2 aromatic carbocycles. The van der Waals surface area contributed by atoms with Crippen LogP contribution in [0.4, 0.5) is 0 Å². The number of hydrogen-bond acceptors (Lipinski definition) is 4. The van der Waals surface area contributed by atoms with Crippen molar-refractivity contribution in [2.24, 2.45) is 5.92 Å². The van der Waals surface area contributed by atoms with Gasteiger partial charge in [0.15, 0.2) is 0 Å². The van der Waals surface area contributed by atoms with Gasteiger partial charge in [-0.25, -0.2) is 0 Å². The minimum atomic E-state index is -0.0109. The molecule has 0 radical (unpaired) electrons. The van der Waals surface area contributed by atoms with E-state index in [4.69, 9.17) is 9.47 Å². The topological polar surface area (TPSA) is 59.1 Å². The number of ether oxygens (including phenoxy) is 2. The van der Waals surface area contributed by atoms with E-state index in [1.54, 1.807) is 12.1 Å². The molecule has 2 amide bonds. The Morgan fingerprint density at radius 2 is 1.42 bits per heavy atom. The summed E-state index contributed by atoms with van der Waals surface area (Å²) in [7, 11) is 0. The Hall–Kier alpha value is -2.86. The van der Waals surface area contributed by atoms with Gasteiger partial charge in [-0.1, -0.05) is 18.2 Å². The van der Waals surface area contributed by atoms with Crippen LogP contribution < -0.4 is 4.74 Å². The molecular weight excluding hydrogens is 392 g/mol. The second-order valence-electron chi connectivity index (χ2n) is 8.51. The van der Waals surface area contributed by atoms with Gasteiger partial charge in [0.05, 0.1) is 12.2 Å². The number of carbonyl (C=O) groups is 2. The standard InChI is InChI=1S/C25H30N2O4/c1-18-16-27(17-19(2)30-18)25(29)21-12-14-26(15-13-21)24(28)20-8-10-23(11-9-20)31-22-6-4-3-5-7-22/h3-11,18-19,21H,12-17H2,1-2H3. The van der Waals surface area contributed by atoms with Gasteiger partial charge in [-0.15, -0.1) is 0 Å². The highest BCUT2D eigenvalue weighted by Crippen LogP contribution is 2.25. The molecule has 6 heteroatoms. The first kappa shape index (κ1) is 21.4. The van der Waals surface area contributed by atoms with Gasteiger partial charge in [-0.3, -0.25) is 9.59 Å². The summed E-state index contributed by atoms with van der Waals surface area (Å²) in [5, 5.41) is 0. The zero-order valence-corrected chi connectivity index (χ0v) is 18.2. The minimum absolute atomic E-state index is 0.00535. The average Bonchev–Trinajstić information content (AvgIpc) is 2.79. The summed E-state index contributed by atoms with van der Waals surface area (Å²) in [5.41, 5.74) is 0.640. The summed E-state index contributed by atoms with van der Waals surface area (Å²) in [4.78, 5) is 29.6. The summed E-state index contributed by atoms with van der Waals surface area (Å²) < 4.78 is 11.5. The third-order valence-corrected chi connectivity index (χ3v) is 5.94. The fourth-order valence-corrected chi connectivity index (χ4v) is 4.42. The normalized spacial score (nSPS) is 22.3. The molecule has 2 unspecified atom stereocenters.